The summed E-state index contributed by atoms with van der Waals surface area (Å²) in [7, 11) is 0. The molecular weight excluding hydrogens is 294 g/mol. The molecule has 0 radical (unpaired) electrons. The molecule has 2 N–H and O–H groups in total. The lowest BCUT2D eigenvalue weighted by Crippen LogP contribution is -1.99. The summed E-state index contributed by atoms with van der Waals surface area (Å²) < 4.78 is 1.12. The van der Waals surface area contributed by atoms with Crippen LogP contribution >= 0.6 is 38.6 Å². The lowest BCUT2D eigenvalue weighted by molar-refractivity contribution is 0.812. The maximum absolute atomic E-state index is 5.45. The minimum Gasteiger partial charge on any atom is -0.330 e. The van der Waals surface area contributed by atoms with Gasteiger partial charge < -0.3 is 5.73 Å². The Morgan fingerprint density at radius 3 is 2.80 bits per heavy atom. The summed E-state index contributed by atoms with van der Waals surface area (Å²) >= 11 is 6.77. The molecule has 0 aliphatic heterocycles. The van der Waals surface area contributed by atoms with Crippen LogP contribution in [0.4, 0.5) is 0 Å². The van der Waals surface area contributed by atoms with E-state index in [2.05, 4.69) is 32.2 Å². The summed E-state index contributed by atoms with van der Waals surface area (Å²) in [6.45, 7) is 0.708. The maximum Gasteiger partial charge on any atom is 0.157 e. The second kappa shape index (κ2) is 5.16. The van der Waals surface area contributed by atoms with Crippen molar-refractivity contribution in [2.75, 3.05) is 6.54 Å². The normalized spacial score (nSPS) is 10.8. The van der Waals surface area contributed by atoms with Gasteiger partial charge in [-0.25, -0.2) is 0 Å². The van der Waals surface area contributed by atoms with Gasteiger partial charge >= 0.3 is 0 Å². The Balaban J connectivity index is 2.13. The Labute approximate surface area is 104 Å². The number of nitrogens with two attached hydrogens (primary N) is 1. The summed E-state index contributed by atoms with van der Waals surface area (Å²) in [4.78, 5) is 1.17. The largest absolute Gasteiger partial charge is 0.330 e. The minimum absolute atomic E-state index is 0.708. The molecule has 15 heavy (non-hydrogen) atoms. The van der Waals surface area contributed by atoms with E-state index in [-0.39, 0.29) is 0 Å². The molecule has 0 saturated heterocycles. The first-order valence-electron chi connectivity index (χ1n) is 4.58. The van der Waals surface area contributed by atoms with Gasteiger partial charge in [0.05, 0.1) is 8.66 Å². The van der Waals surface area contributed by atoms with Crippen molar-refractivity contribution in [2.45, 2.75) is 12.8 Å². The van der Waals surface area contributed by atoms with E-state index in [9.17, 15) is 0 Å². The molecule has 0 bridgehead atoms. The summed E-state index contributed by atoms with van der Waals surface area (Å²) in [6, 6.07) is 4.09. The summed E-state index contributed by atoms with van der Waals surface area (Å²) in [5.74, 6) is 0. The van der Waals surface area contributed by atoms with Gasteiger partial charge in [-0.3, -0.25) is 0 Å². The first-order valence-corrected chi connectivity index (χ1v) is 7.00. The molecule has 2 aromatic heterocycles. The Kier molecular flexibility index (Phi) is 3.85. The number of aryl methyl sites for hydroxylation is 1. The van der Waals surface area contributed by atoms with Crippen molar-refractivity contribution in [1.82, 2.24) is 10.2 Å². The molecule has 0 aromatic carbocycles. The zero-order chi connectivity index (χ0) is 10.7. The first-order chi connectivity index (χ1) is 7.29. The van der Waals surface area contributed by atoms with Gasteiger partial charge in [-0.1, -0.05) is 11.3 Å². The number of hydrogen-bond acceptors (Lipinski definition) is 5. The van der Waals surface area contributed by atoms with Crippen LogP contribution < -0.4 is 5.73 Å². The number of aromatic nitrogens is 2. The van der Waals surface area contributed by atoms with Gasteiger partial charge in [-0.2, -0.15) is 0 Å². The van der Waals surface area contributed by atoms with Crippen molar-refractivity contribution in [1.29, 1.82) is 0 Å². The maximum atomic E-state index is 5.45. The molecule has 0 saturated carbocycles. The Hall–Kier alpha value is -0.300. The summed E-state index contributed by atoms with van der Waals surface area (Å²) in [5, 5.41) is 10.4. The number of rotatable bonds is 4. The van der Waals surface area contributed by atoms with E-state index >= 15 is 0 Å². The van der Waals surface area contributed by atoms with E-state index in [1.54, 1.807) is 22.7 Å². The minimum atomic E-state index is 0.708. The van der Waals surface area contributed by atoms with Gasteiger partial charge in [0.2, 0.25) is 0 Å². The van der Waals surface area contributed by atoms with Gasteiger partial charge in [0, 0.05) is 6.42 Å². The van der Waals surface area contributed by atoms with E-state index < -0.39 is 0 Å². The molecule has 0 aliphatic carbocycles. The van der Waals surface area contributed by atoms with Crippen LogP contribution in [0.1, 0.15) is 11.4 Å². The monoisotopic (exact) mass is 303 g/mol. The second-order valence-electron chi connectivity index (χ2n) is 3.00. The zero-order valence-electron chi connectivity index (χ0n) is 7.94. The van der Waals surface area contributed by atoms with Crippen LogP contribution in [0.15, 0.2) is 15.9 Å². The molecule has 2 rings (SSSR count). The Bertz CT molecular complexity index is 438. The van der Waals surface area contributed by atoms with E-state index in [0.29, 0.717) is 6.54 Å². The predicted octanol–water partition coefficient (Wildman–Crippen LogP) is 2.92. The lowest BCUT2D eigenvalue weighted by atomic mass is 10.3. The average Bonchev–Trinajstić information content (AvgIpc) is 2.83. The molecule has 2 heterocycles. The molecule has 80 valence electrons. The fourth-order valence-electron chi connectivity index (χ4n) is 1.14. The van der Waals surface area contributed by atoms with Crippen LogP contribution in [0.25, 0.3) is 9.88 Å². The quantitative estimate of drug-likeness (QED) is 0.945. The highest BCUT2D eigenvalue weighted by Crippen LogP contribution is 2.33. The van der Waals surface area contributed by atoms with Crippen molar-refractivity contribution in [2.24, 2.45) is 5.73 Å². The molecule has 0 amide bonds. The van der Waals surface area contributed by atoms with Gasteiger partial charge in [0.1, 0.15) is 5.01 Å². The Morgan fingerprint density at radius 2 is 2.13 bits per heavy atom. The molecule has 6 heteroatoms. The van der Waals surface area contributed by atoms with Crippen LogP contribution in [-0.2, 0) is 6.42 Å². The highest BCUT2D eigenvalue weighted by atomic mass is 79.9. The topological polar surface area (TPSA) is 51.8 Å². The summed E-state index contributed by atoms with van der Waals surface area (Å²) in [5.41, 5.74) is 5.45. The van der Waals surface area contributed by atoms with Crippen molar-refractivity contribution in [3.8, 4) is 9.88 Å². The number of hydrogen-bond donors (Lipinski definition) is 1. The SMILES string of the molecule is NCCCc1nnc(-c2ccc(Br)s2)s1. The third-order valence-corrected chi connectivity index (χ3v) is 4.62. The molecular formula is C9H10BrN3S2. The molecule has 0 spiro atoms. The van der Waals surface area contributed by atoms with E-state index in [4.69, 9.17) is 5.73 Å². The number of thiophene rings is 1. The summed E-state index contributed by atoms with van der Waals surface area (Å²) in [6.07, 6.45) is 1.91. The van der Waals surface area contributed by atoms with E-state index in [1.807, 2.05) is 6.07 Å². The van der Waals surface area contributed by atoms with Crippen LogP contribution in [0.3, 0.4) is 0 Å². The fraction of sp³-hybridized carbons (Fsp3) is 0.333. The van der Waals surface area contributed by atoms with Crippen LogP contribution in [0.5, 0.6) is 0 Å². The highest BCUT2D eigenvalue weighted by Gasteiger charge is 2.08. The molecule has 0 aliphatic rings. The van der Waals surface area contributed by atoms with Crippen LogP contribution in [0.2, 0.25) is 0 Å². The van der Waals surface area contributed by atoms with Gasteiger partial charge in [-0.15, -0.1) is 21.5 Å². The highest BCUT2D eigenvalue weighted by molar-refractivity contribution is 9.11. The predicted molar refractivity (Wildman–Crippen MR) is 68.3 cm³/mol. The lowest BCUT2D eigenvalue weighted by Gasteiger charge is -1.89. The standard InChI is InChI=1S/C9H10BrN3S2/c10-7-4-3-6(14-7)9-13-12-8(15-9)2-1-5-11/h3-4H,1-2,5,11H2. The molecule has 0 fully saturated rings. The number of nitrogens with zero attached hydrogens (tertiary/aromatic N) is 2. The third kappa shape index (κ3) is 2.84. The van der Waals surface area contributed by atoms with E-state index in [0.717, 1.165) is 26.6 Å². The Morgan fingerprint density at radius 1 is 1.27 bits per heavy atom. The van der Waals surface area contributed by atoms with Crippen LogP contribution in [-0.4, -0.2) is 16.7 Å². The van der Waals surface area contributed by atoms with Gasteiger partial charge in [0.15, 0.2) is 5.01 Å². The third-order valence-electron chi connectivity index (χ3n) is 1.85. The van der Waals surface area contributed by atoms with Crippen LogP contribution in [0, 0.1) is 0 Å². The van der Waals surface area contributed by atoms with Crippen molar-refractivity contribution < 1.29 is 0 Å². The van der Waals surface area contributed by atoms with Crippen molar-refractivity contribution >= 4 is 38.6 Å². The molecule has 0 atom stereocenters. The van der Waals surface area contributed by atoms with Gasteiger partial charge in [-0.05, 0) is 41.0 Å². The number of halogens is 1. The van der Waals surface area contributed by atoms with E-state index in [1.165, 1.54) is 4.88 Å². The fourth-order valence-corrected chi connectivity index (χ4v) is 3.45. The van der Waals surface area contributed by atoms with Crippen molar-refractivity contribution in [3.05, 3.63) is 20.9 Å². The second-order valence-corrected chi connectivity index (χ2v) is 6.52. The average molecular weight is 304 g/mol. The molecule has 2 aromatic rings. The molecule has 3 nitrogen and oxygen atoms in total. The smallest absolute Gasteiger partial charge is 0.157 e. The first kappa shape index (κ1) is 11.2. The van der Waals surface area contributed by atoms with Crippen molar-refractivity contribution in [3.63, 3.8) is 0 Å². The molecule has 0 unspecified atom stereocenters. The van der Waals surface area contributed by atoms with Gasteiger partial charge in [0.25, 0.3) is 0 Å². The zero-order valence-corrected chi connectivity index (χ0v) is 11.2.